The molecule has 2 bridgehead atoms. The van der Waals surface area contributed by atoms with E-state index in [0.717, 1.165) is 17.7 Å². The molecule has 2 aromatic carbocycles. The standard InChI is InChI=1S/C27H26N2O7/c1-4-35-27(32)13-5-8-15(9-6-13)29-25(30)20-16-12-17(21(20)26(29)31)24-22(16)23(28-36-24)14-7-10-18(33-2)19(11-14)34-3/h5-11,16-17,20-22,24H,4,12H2,1-3H3/t16-,17-,20+,21-,22-,24+/m1/s1. The van der Waals surface area contributed by atoms with Crippen LogP contribution >= 0.6 is 0 Å². The molecule has 2 saturated carbocycles. The van der Waals surface area contributed by atoms with Crippen molar-refractivity contribution in [1.82, 2.24) is 0 Å². The maximum absolute atomic E-state index is 13.6. The molecule has 0 unspecified atom stereocenters. The number of anilines is 1. The molecule has 0 N–H and O–H groups in total. The lowest BCUT2D eigenvalue weighted by Crippen LogP contribution is -2.41. The lowest BCUT2D eigenvalue weighted by atomic mass is 9.71. The van der Waals surface area contributed by atoms with Gasteiger partial charge in [0.2, 0.25) is 11.8 Å². The fraction of sp³-hybridized carbons (Fsp3) is 0.407. The predicted molar refractivity (Wildman–Crippen MR) is 128 cm³/mol. The molecule has 2 amide bonds. The number of hydrogen-bond donors (Lipinski definition) is 0. The van der Waals surface area contributed by atoms with Crippen LogP contribution < -0.4 is 14.4 Å². The van der Waals surface area contributed by atoms with Gasteiger partial charge >= 0.3 is 5.97 Å². The second kappa shape index (κ2) is 8.36. The minimum atomic E-state index is -0.440. The number of carbonyl (C=O) groups excluding carboxylic acids is 3. The SMILES string of the molecule is CCOC(=O)c1ccc(N2C(=O)[C@@H]3[C@H]4C[C@@H]([C@@H]5C(c6ccc(OC)c(OC)c6)=NO[C@@H]45)[C@@H]3C2=O)cc1. The third-order valence-corrected chi connectivity index (χ3v) is 8.01. The molecule has 4 aliphatic rings. The van der Waals surface area contributed by atoms with Gasteiger partial charge in [0.25, 0.3) is 0 Å². The number of nitrogens with zero attached hydrogens (tertiary/aromatic N) is 2. The Morgan fingerprint density at radius 2 is 1.67 bits per heavy atom. The maximum atomic E-state index is 13.6. The number of fused-ring (bicyclic) bond motifs is 8. The van der Waals surface area contributed by atoms with Gasteiger partial charge in [-0.3, -0.25) is 14.5 Å². The summed E-state index contributed by atoms with van der Waals surface area (Å²) in [5, 5.41) is 4.40. The van der Waals surface area contributed by atoms with Crippen molar-refractivity contribution in [3.05, 3.63) is 53.6 Å². The van der Waals surface area contributed by atoms with Gasteiger partial charge in [0, 0.05) is 17.4 Å². The molecule has 2 aromatic rings. The summed E-state index contributed by atoms with van der Waals surface area (Å²) >= 11 is 0. The second-order valence-corrected chi connectivity index (χ2v) is 9.54. The number of ether oxygens (including phenoxy) is 3. The van der Waals surface area contributed by atoms with Crippen molar-refractivity contribution in [1.29, 1.82) is 0 Å². The third-order valence-electron chi connectivity index (χ3n) is 8.01. The topological polar surface area (TPSA) is 104 Å². The molecular formula is C27H26N2O7. The molecule has 2 heterocycles. The molecule has 0 aromatic heterocycles. The molecule has 36 heavy (non-hydrogen) atoms. The highest BCUT2D eigenvalue weighted by atomic mass is 16.6. The normalized spacial score (nSPS) is 29.5. The highest BCUT2D eigenvalue weighted by molar-refractivity contribution is 6.23. The summed E-state index contributed by atoms with van der Waals surface area (Å²) in [5.41, 5.74) is 2.47. The van der Waals surface area contributed by atoms with Gasteiger partial charge in [-0.25, -0.2) is 4.79 Å². The van der Waals surface area contributed by atoms with E-state index in [1.54, 1.807) is 45.4 Å². The average molecular weight is 491 g/mol. The van der Waals surface area contributed by atoms with Crippen molar-refractivity contribution < 1.29 is 33.4 Å². The van der Waals surface area contributed by atoms with Crippen molar-refractivity contribution >= 4 is 29.2 Å². The summed E-state index contributed by atoms with van der Waals surface area (Å²) in [4.78, 5) is 46.3. The first kappa shape index (κ1) is 22.6. The monoisotopic (exact) mass is 490 g/mol. The van der Waals surface area contributed by atoms with E-state index < -0.39 is 17.8 Å². The van der Waals surface area contributed by atoms with E-state index in [4.69, 9.17) is 19.0 Å². The van der Waals surface area contributed by atoms with Crippen molar-refractivity contribution in [3.8, 4) is 11.5 Å². The number of hydrogen-bond acceptors (Lipinski definition) is 8. The van der Waals surface area contributed by atoms with Crippen LogP contribution in [0.5, 0.6) is 11.5 Å². The van der Waals surface area contributed by atoms with Gasteiger partial charge in [0.1, 0.15) is 6.10 Å². The summed E-state index contributed by atoms with van der Waals surface area (Å²) in [7, 11) is 3.16. The van der Waals surface area contributed by atoms with Crippen molar-refractivity contribution in [2.45, 2.75) is 19.4 Å². The molecule has 9 nitrogen and oxygen atoms in total. The number of esters is 1. The van der Waals surface area contributed by atoms with Gasteiger partial charge in [-0.05, 0) is 61.7 Å². The summed E-state index contributed by atoms with van der Waals surface area (Å²) in [5.74, 6) is -0.665. The maximum Gasteiger partial charge on any atom is 0.338 e. The van der Waals surface area contributed by atoms with Gasteiger partial charge in [-0.2, -0.15) is 0 Å². The van der Waals surface area contributed by atoms with E-state index >= 15 is 0 Å². The smallest absolute Gasteiger partial charge is 0.338 e. The number of rotatable bonds is 6. The number of carbonyl (C=O) groups is 3. The van der Waals surface area contributed by atoms with Crippen LogP contribution in [-0.2, 0) is 19.2 Å². The zero-order valence-electron chi connectivity index (χ0n) is 20.2. The number of imide groups is 1. The fourth-order valence-electron chi connectivity index (χ4n) is 6.58. The Labute approximate surface area is 207 Å². The zero-order valence-corrected chi connectivity index (χ0v) is 20.2. The summed E-state index contributed by atoms with van der Waals surface area (Å²) in [6.45, 7) is 2.01. The first-order valence-electron chi connectivity index (χ1n) is 12.1. The van der Waals surface area contributed by atoms with Crippen LogP contribution in [0.2, 0.25) is 0 Å². The van der Waals surface area contributed by atoms with Gasteiger partial charge in [-0.15, -0.1) is 0 Å². The Kier molecular flexibility index (Phi) is 5.24. The van der Waals surface area contributed by atoms with E-state index in [1.807, 2.05) is 18.2 Å². The van der Waals surface area contributed by atoms with Crippen LogP contribution in [0.15, 0.2) is 47.6 Å². The predicted octanol–water partition coefficient (Wildman–Crippen LogP) is 3.06. The van der Waals surface area contributed by atoms with Crippen LogP contribution in [0.4, 0.5) is 5.69 Å². The largest absolute Gasteiger partial charge is 0.493 e. The molecule has 2 aliphatic heterocycles. The highest BCUT2D eigenvalue weighted by Gasteiger charge is 2.70. The molecule has 6 atom stereocenters. The molecule has 0 radical (unpaired) electrons. The zero-order chi connectivity index (χ0) is 25.1. The van der Waals surface area contributed by atoms with Crippen LogP contribution in [0.1, 0.15) is 29.3 Å². The quantitative estimate of drug-likeness (QED) is 0.453. The van der Waals surface area contributed by atoms with E-state index in [2.05, 4.69) is 5.16 Å². The van der Waals surface area contributed by atoms with Crippen molar-refractivity contribution in [2.75, 3.05) is 25.7 Å². The second-order valence-electron chi connectivity index (χ2n) is 9.54. The van der Waals surface area contributed by atoms with Gasteiger partial charge in [0.05, 0.1) is 49.6 Å². The summed E-state index contributed by atoms with van der Waals surface area (Å²) in [6.07, 6.45) is 0.520. The van der Waals surface area contributed by atoms with Gasteiger partial charge in [0.15, 0.2) is 11.5 Å². The Bertz CT molecular complexity index is 1290. The van der Waals surface area contributed by atoms with Crippen LogP contribution in [-0.4, -0.2) is 50.4 Å². The molecule has 9 heteroatoms. The summed E-state index contributed by atoms with van der Waals surface area (Å²) in [6, 6.07) is 12.0. The van der Waals surface area contributed by atoms with Gasteiger partial charge < -0.3 is 19.0 Å². The highest BCUT2D eigenvalue weighted by Crippen LogP contribution is 2.62. The van der Waals surface area contributed by atoms with E-state index in [1.165, 1.54) is 4.90 Å². The number of amides is 2. The first-order chi connectivity index (χ1) is 17.5. The van der Waals surface area contributed by atoms with Crippen LogP contribution in [0.25, 0.3) is 0 Å². The first-order valence-corrected chi connectivity index (χ1v) is 12.1. The Morgan fingerprint density at radius 3 is 2.33 bits per heavy atom. The van der Waals surface area contributed by atoms with Crippen molar-refractivity contribution in [2.24, 2.45) is 34.7 Å². The molecule has 6 rings (SSSR count). The van der Waals surface area contributed by atoms with E-state index in [-0.39, 0.29) is 42.3 Å². The van der Waals surface area contributed by atoms with Crippen LogP contribution in [0.3, 0.4) is 0 Å². The molecule has 3 fully saturated rings. The summed E-state index contributed by atoms with van der Waals surface area (Å²) < 4.78 is 15.8. The molecule has 0 spiro atoms. The van der Waals surface area contributed by atoms with E-state index in [0.29, 0.717) is 22.7 Å². The molecular weight excluding hydrogens is 464 g/mol. The van der Waals surface area contributed by atoms with Gasteiger partial charge in [-0.1, -0.05) is 5.16 Å². The van der Waals surface area contributed by atoms with E-state index in [9.17, 15) is 14.4 Å². The Balaban J connectivity index is 1.27. The fourth-order valence-corrected chi connectivity index (χ4v) is 6.58. The third kappa shape index (κ3) is 3.08. The minimum absolute atomic E-state index is 0.0420. The number of benzene rings is 2. The lowest BCUT2D eigenvalue weighted by Gasteiger charge is -2.29. The van der Waals surface area contributed by atoms with Crippen molar-refractivity contribution in [3.63, 3.8) is 0 Å². The number of oxime groups is 1. The molecule has 1 saturated heterocycles. The minimum Gasteiger partial charge on any atom is -0.493 e. The Hall–Kier alpha value is -3.88. The number of methoxy groups -OCH3 is 2. The van der Waals surface area contributed by atoms with Crippen LogP contribution in [0, 0.1) is 29.6 Å². The molecule has 186 valence electrons. The lowest BCUT2D eigenvalue weighted by molar-refractivity contribution is -0.125. The Morgan fingerprint density at radius 1 is 0.972 bits per heavy atom. The molecule has 2 aliphatic carbocycles. The average Bonchev–Trinajstić information content (AvgIpc) is 3.64.